The third-order valence-corrected chi connectivity index (χ3v) is 3.89. The molecular formula is C20H16N2O8. The molecule has 1 fully saturated rings. The fourth-order valence-corrected chi connectivity index (χ4v) is 2.51. The number of hydrogen-bond acceptors (Lipinski definition) is 9. The van der Waals surface area contributed by atoms with Crippen LogP contribution in [0.5, 0.6) is 5.75 Å². The summed E-state index contributed by atoms with van der Waals surface area (Å²) < 4.78 is 15.2. The Kier molecular flexibility index (Phi) is 5.50. The highest BCUT2D eigenvalue weighted by Gasteiger charge is 2.39. The summed E-state index contributed by atoms with van der Waals surface area (Å²) in [5.74, 6) is -3.73. The Morgan fingerprint density at radius 3 is 2.27 bits per heavy atom. The summed E-state index contributed by atoms with van der Waals surface area (Å²) in [6, 6.07) is 11.2. The van der Waals surface area contributed by atoms with Gasteiger partial charge in [-0.1, -0.05) is 12.1 Å². The van der Waals surface area contributed by atoms with Gasteiger partial charge in [-0.2, -0.15) is 0 Å². The molecule has 3 rings (SSSR count). The maximum Gasteiger partial charge on any atom is 0.350 e. The highest BCUT2D eigenvalue weighted by atomic mass is 16.7. The Morgan fingerprint density at radius 2 is 1.67 bits per heavy atom. The molecule has 0 amide bonds. The number of esters is 3. The molecule has 0 aliphatic carbocycles. The number of nitrogens with zero attached hydrogens (tertiary/aromatic N) is 1. The number of hydrogen-bond donors (Lipinski definition) is 1. The number of nitro benzene ring substituents is 1. The molecule has 0 aromatic heterocycles. The second-order valence-corrected chi connectivity index (χ2v) is 6.57. The van der Waals surface area contributed by atoms with E-state index in [0.717, 1.165) is 6.20 Å². The molecule has 0 radical (unpaired) electrons. The minimum absolute atomic E-state index is 0.102. The Morgan fingerprint density at radius 1 is 1.07 bits per heavy atom. The van der Waals surface area contributed by atoms with E-state index in [1.807, 2.05) is 0 Å². The van der Waals surface area contributed by atoms with E-state index in [2.05, 4.69) is 5.32 Å². The van der Waals surface area contributed by atoms with Crippen LogP contribution in [0.25, 0.3) is 0 Å². The van der Waals surface area contributed by atoms with Crippen LogP contribution >= 0.6 is 0 Å². The molecule has 2 aromatic rings. The van der Waals surface area contributed by atoms with Crippen molar-refractivity contribution in [1.29, 1.82) is 0 Å². The van der Waals surface area contributed by atoms with Crippen molar-refractivity contribution in [2.75, 3.05) is 5.32 Å². The predicted octanol–water partition coefficient (Wildman–Crippen LogP) is 2.95. The Hall–Kier alpha value is -4.21. The summed E-state index contributed by atoms with van der Waals surface area (Å²) in [4.78, 5) is 46.7. The fourth-order valence-electron chi connectivity index (χ4n) is 2.51. The quantitative estimate of drug-likeness (QED) is 0.196. The van der Waals surface area contributed by atoms with Crippen molar-refractivity contribution in [2.24, 2.45) is 0 Å². The largest absolute Gasteiger partial charge is 0.423 e. The zero-order chi connectivity index (χ0) is 21.9. The molecule has 2 aromatic carbocycles. The van der Waals surface area contributed by atoms with E-state index in [1.165, 1.54) is 50.2 Å². The third kappa shape index (κ3) is 4.61. The smallest absolute Gasteiger partial charge is 0.350 e. The predicted molar refractivity (Wildman–Crippen MR) is 102 cm³/mol. The van der Waals surface area contributed by atoms with Gasteiger partial charge in [0, 0.05) is 32.2 Å². The van der Waals surface area contributed by atoms with E-state index in [4.69, 9.17) is 14.2 Å². The monoisotopic (exact) mass is 412 g/mol. The van der Waals surface area contributed by atoms with Gasteiger partial charge in [-0.05, 0) is 24.3 Å². The van der Waals surface area contributed by atoms with Gasteiger partial charge in [0.2, 0.25) is 0 Å². The molecule has 0 atom stereocenters. The number of ether oxygens (including phenoxy) is 3. The molecule has 1 heterocycles. The van der Waals surface area contributed by atoms with Crippen molar-refractivity contribution in [3.63, 3.8) is 0 Å². The Bertz CT molecular complexity index is 1030. The number of para-hydroxylation sites is 1. The molecule has 0 saturated carbocycles. The fraction of sp³-hybridized carbons (Fsp3) is 0.150. The zero-order valence-electron chi connectivity index (χ0n) is 15.9. The molecule has 154 valence electrons. The summed E-state index contributed by atoms with van der Waals surface area (Å²) in [7, 11) is 0. The van der Waals surface area contributed by atoms with Gasteiger partial charge in [-0.15, -0.1) is 0 Å². The first-order chi connectivity index (χ1) is 14.2. The van der Waals surface area contributed by atoms with Crippen LogP contribution in [0.1, 0.15) is 24.2 Å². The van der Waals surface area contributed by atoms with Gasteiger partial charge < -0.3 is 19.5 Å². The number of rotatable bonds is 5. The minimum Gasteiger partial charge on any atom is -0.423 e. The van der Waals surface area contributed by atoms with Crippen LogP contribution in [-0.4, -0.2) is 28.6 Å². The van der Waals surface area contributed by atoms with Crippen molar-refractivity contribution in [2.45, 2.75) is 19.6 Å². The van der Waals surface area contributed by atoms with Gasteiger partial charge in [0.1, 0.15) is 5.75 Å². The lowest BCUT2D eigenvalue weighted by atomic mass is 10.1. The molecule has 0 bridgehead atoms. The average Bonchev–Trinajstić information content (AvgIpc) is 2.67. The van der Waals surface area contributed by atoms with Crippen LogP contribution in [0, 0.1) is 10.1 Å². The van der Waals surface area contributed by atoms with E-state index < -0.39 is 28.6 Å². The SMILES string of the molecule is CC1(C)OC(=O)C(=CNc2ccccc2C(=O)Oc2ccc([N+](=O)[O-])cc2)C(=O)O1. The first-order valence-electron chi connectivity index (χ1n) is 8.65. The average molecular weight is 412 g/mol. The van der Waals surface area contributed by atoms with Gasteiger partial charge in [0.05, 0.1) is 16.2 Å². The van der Waals surface area contributed by atoms with Crippen molar-refractivity contribution in [1.82, 2.24) is 0 Å². The number of non-ortho nitro benzene ring substituents is 1. The number of carbonyl (C=O) groups is 3. The molecular weight excluding hydrogens is 396 g/mol. The topological polar surface area (TPSA) is 134 Å². The highest BCUT2D eigenvalue weighted by molar-refractivity contribution is 6.15. The van der Waals surface area contributed by atoms with Crippen LogP contribution in [0.3, 0.4) is 0 Å². The van der Waals surface area contributed by atoms with Crippen molar-refractivity contribution >= 4 is 29.3 Å². The summed E-state index contributed by atoms with van der Waals surface area (Å²) in [5, 5.41) is 13.4. The molecule has 1 aliphatic rings. The first-order valence-corrected chi connectivity index (χ1v) is 8.65. The molecule has 1 N–H and O–H groups in total. The maximum absolute atomic E-state index is 12.5. The third-order valence-electron chi connectivity index (χ3n) is 3.89. The number of nitro groups is 1. The van der Waals surface area contributed by atoms with Crippen LogP contribution in [0.15, 0.2) is 60.3 Å². The summed E-state index contributed by atoms with van der Waals surface area (Å²) in [5.41, 5.74) is -0.154. The molecule has 1 saturated heterocycles. The Balaban J connectivity index is 1.77. The van der Waals surface area contributed by atoms with Crippen molar-refractivity contribution in [3.8, 4) is 5.75 Å². The van der Waals surface area contributed by atoms with Crippen LogP contribution in [0.2, 0.25) is 0 Å². The number of carbonyl (C=O) groups excluding carboxylic acids is 3. The normalized spacial score (nSPS) is 14.9. The molecule has 0 spiro atoms. The number of benzene rings is 2. The highest BCUT2D eigenvalue weighted by Crippen LogP contribution is 2.24. The van der Waals surface area contributed by atoms with Crippen LogP contribution in [-0.2, 0) is 19.1 Å². The first kappa shape index (κ1) is 20.5. The molecule has 0 unspecified atom stereocenters. The number of anilines is 1. The molecule has 10 nitrogen and oxygen atoms in total. The number of nitrogens with one attached hydrogen (secondary N) is 1. The molecule has 30 heavy (non-hydrogen) atoms. The van der Waals surface area contributed by atoms with Gasteiger partial charge in [-0.3, -0.25) is 10.1 Å². The lowest BCUT2D eigenvalue weighted by Crippen LogP contribution is -2.42. The van der Waals surface area contributed by atoms with Crippen molar-refractivity contribution in [3.05, 3.63) is 76.0 Å². The summed E-state index contributed by atoms with van der Waals surface area (Å²) in [6.07, 6.45) is 1.08. The van der Waals surface area contributed by atoms with Gasteiger partial charge >= 0.3 is 17.9 Å². The standard InChI is InChI=1S/C20H16N2O8/c1-20(2)29-18(24)15(19(25)30-20)11-21-16-6-4-3-5-14(16)17(23)28-13-9-7-12(8-10-13)22(26)27/h3-11,21H,1-2H3. The van der Waals surface area contributed by atoms with Crippen molar-refractivity contribution < 1.29 is 33.5 Å². The summed E-state index contributed by atoms with van der Waals surface area (Å²) in [6.45, 7) is 2.85. The second-order valence-electron chi connectivity index (χ2n) is 6.57. The van der Waals surface area contributed by atoms with Crippen LogP contribution < -0.4 is 10.1 Å². The summed E-state index contributed by atoms with van der Waals surface area (Å²) >= 11 is 0. The van der Waals surface area contributed by atoms with Crippen LogP contribution in [0.4, 0.5) is 11.4 Å². The van der Waals surface area contributed by atoms with E-state index in [1.54, 1.807) is 12.1 Å². The van der Waals surface area contributed by atoms with E-state index >= 15 is 0 Å². The maximum atomic E-state index is 12.5. The van der Waals surface area contributed by atoms with E-state index in [-0.39, 0.29) is 28.3 Å². The molecule has 10 heteroatoms. The lowest BCUT2D eigenvalue weighted by molar-refractivity contribution is -0.384. The van der Waals surface area contributed by atoms with Gasteiger partial charge in [0.15, 0.2) is 5.57 Å². The van der Waals surface area contributed by atoms with E-state index in [0.29, 0.717) is 0 Å². The minimum atomic E-state index is -1.36. The number of cyclic esters (lactones) is 2. The van der Waals surface area contributed by atoms with Gasteiger partial charge in [0.25, 0.3) is 11.5 Å². The van der Waals surface area contributed by atoms with E-state index in [9.17, 15) is 24.5 Å². The van der Waals surface area contributed by atoms with Gasteiger partial charge in [-0.25, -0.2) is 14.4 Å². The zero-order valence-corrected chi connectivity index (χ0v) is 15.9. The molecule has 1 aliphatic heterocycles. The second kappa shape index (κ2) is 8.03. The Labute approximate surface area is 170 Å². The lowest BCUT2D eigenvalue weighted by Gasteiger charge is -2.29.